The van der Waals surface area contributed by atoms with E-state index in [1.54, 1.807) is 23.1 Å². The van der Waals surface area contributed by atoms with Gasteiger partial charge in [-0.3, -0.25) is 4.90 Å². The molecule has 0 bridgehead atoms. The molecule has 21 heavy (non-hydrogen) atoms. The number of rotatable bonds is 3. The number of benzene rings is 1. The molecule has 1 atom stereocenters. The number of fused-ring (bicyclic) bond motifs is 1. The lowest BCUT2D eigenvalue weighted by Crippen LogP contribution is -2.38. The highest BCUT2D eigenvalue weighted by molar-refractivity contribution is 7.10. The molecule has 0 radical (unpaired) electrons. The Kier molecular flexibility index (Phi) is 3.59. The molecule has 1 aromatic heterocycles. The van der Waals surface area contributed by atoms with Gasteiger partial charge < -0.3 is 4.74 Å². The first-order chi connectivity index (χ1) is 10.9. The molecule has 2 aromatic rings. The van der Waals surface area contributed by atoms with E-state index in [2.05, 4.69) is 0 Å². The minimum absolute atomic E-state index is 0.117. The van der Waals surface area contributed by atoms with E-state index in [9.17, 15) is 4.79 Å². The van der Waals surface area contributed by atoms with Crippen molar-refractivity contribution in [2.75, 3.05) is 13.7 Å². The summed E-state index contributed by atoms with van der Waals surface area (Å²) in [6.45, 7) is 0.606. The quantitative estimate of drug-likeness (QED) is 0.807. The molecule has 0 N–H and O–H groups in total. The molecular weight excluding hydrogens is 306 g/mol. The van der Waals surface area contributed by atoms with Crippen molar-refractivity contribution in [3.63, 3.8) is 0 Å². The van der Waals surface area contributed by atoms with Crippen LogP contribution in [0.5, 0.6) is 0 Å². The minimum Gasteiger partial charge on any atom is -0.468 e. The first kappa shape index (κ1) is 12.2. The summed E-state index contributed by atoms with van der Waals surface area (Å²) >= 11 is 7.68. The maximum absolute atomic E-state index is 12.4. The molecule has 3 nitrogen and oxygen atoms in total. The van der Waals surface area contributed by atoms with Gasteiger partial charge in [0.25, 0.3) is 0 Å². The summed E-state index contributed by atoms with van der Waals surface area (Å²) in [7, 11) is 1.33. The van der Waals surface area contributed by atoms with Crippen LogP contribution in [-0.4, -0.2) is 24.5 Å². The van der Waals surface area contributed by atoms with Crippen molar-refractivity contribution in [1.29, 1.82) is 0 Å². The van der Waals surface area contributed by atoms with Crippen molar-refractivity contribution in [3.05, 3.63) is 56.7 Å². The first-order valence-corrected chi connectivity index (χ1v) is 7.83. The lowest BCUT2D eigenvalue weighted by atomic mass is 10.0. The fourth-order valence-corrected chi connectivity index (χ4v) is 3.57. The second-order valence-electron chi connectivity index (χ2n) is 4.80. The fourth-order valence-electron chi connectivity index (χ4n) is 2.53. The monoisotopic (exact) mass is 323 g/mol. The number of thiophene rings is 1. The Bertz CT molecular complexity index is 734. The smallest absolute Gasteiger partial charge is 0.327 e. The maximum atomic E-state index is 12.4. The number of carbonyl (C=O) groups is 1. The fraction of sp³-hybridized carbons (Fsp3) is 0.312. The Balaban J connectivity index is 2.03. The molecule has 1 aliphatic heterocycles. The van der Waals surface area contributed by atoms with Gasteiger partial charge in [-0.15, -0.1) is 11.3 Å². The van der Waals surface area contributed by atoms with Gasteiger partial charge in [0.15, 0.2) is 0 Å². The van der Waals surface area contributed by atoms with Gasteiger partial charge in [-0.2, -0.15) is 0 Å². The van der Waals surface area contributed by atoms with E-state index in [0.29, 0.717) is 17.1 Å². The number of esters is 1. The van der Waals surface area contributed by atoms with E-state index < -0.39 is 18.4 Å². The normalized spacial score (nSPS) is 20.1. The third-order valence-corrected chi connectivity index (χ3v) is 4.81. The van der Waals surface area contributed by atoms with Crippen LogP contribution >= 0.6 is 22.9 Å². The van der Waals surface area contributed by atoms with Crippen LogP contribution in [0.4, 0.5) is 0 Å². The van der Waals surface area contributed by atoms with Gasteiger partial charge in [-0.25, -0.2) is 4.79 Å². The van der Waals surface area contributed by atoms with Crippen LogP contribution in [0.25, 0.3) is 0 Å². The molecule has 0 amide bonds. The largest absolute Gasteiger partial charge is 0.468 e. The molecule has 0 fully saturated rings. The highest BCUT2D eigenvalue weighted by Crippen LogP contribution is 2.33. The van der Waals surface area contributed by atoms with Gasteiger partial charge in [-0.05, 0) is 35.0 Å². The van der Waals surface area contributed by atoms with Crippen molar-refractivity contribution in [3.8, 4) is 0 Å². The number of carbonyl (C=O) groups excluding carboxylic acids is 1. The topological polar surface area (TPSA) is 29.5 Å². The van der Waals surface area contributed by atoms with Crippen LogP contribution in [0, 0.1) is 0 Å². The third-order valence-electron chi connectivity index (χ3n) is 3.55. The van der Waals surface area contributed by atoms with E-state index in [4.69, 9.17) is 19.1 Å². The molecule has 0 aliphatic carbocycles. The zero-order valence-electron chi connectivity index (χ0n) is 13.5. The van der Waals surface area contributed by atoms with Crippen LogP contribution in [0.3, 0.4) is 0 Å². The van der Waals surface area contributed by atoms with Crippen molar-refractivity contribution >= 4 is 28.9 Å². The van der Waals surface area contributed by atoms with E-state index in [0.717, 1.165) is 10.4 Å². The van der Waals surface area contributed by atoms with Crippen molar-refractivity contribution < 1.29 is 12.3 Å². The SMILES string of the molecule is [2H]C1([2H])CN([C@H](C(=O)OC)c2ccccc2Cl)Cc2ccsc21. The molecule has 110 valence electrons. The van der Waals surface area contributed by atoms with Gasteiger partial charge in [0.1, 0.15) is 6.04 Å². The summed E-state index contributed by atoms with van der Waals surface area (Å²) in [5.74, 6) is -0.437. The number of nitrogens with zero attached hydrogens (tertiary/aromatic N) is 1. The summed E-state index contributed by atoms with van der Waals surface area (Å²) in [5, 5.41) is 2.36. The Hall–Kier alpha value is -1.36. The second-order valence-corrected chi connectivity index (χ2v) is 6.13. The highest BCUT2D eigenvalue weighted by atomic mass is 35.5. The highest BCUT2D eigenvalue weighted by Gasteiger charge is 2.32. The van der Waals surface area contributed by atoms with Crippen LogP contribution in [0.2, 0.25) is 5.02 Å². The number of halogens is 1. The molecule has 1 aliphatic rings. The molecular formula is C16H16ClNO2S. The molecule has 0 saturated heterocycles. The molecule has 2 heterocycles. The predicted molar refractivity (Wildman–Crippen MR) is 84.6 cm³/mol. The van der Waals surface area contributed by atoms with Crippen LogP contribution < -0.4 is 0 Å². The Morgan fingerprint density at radius 2 is 2.29 bits per heavy atom. The summed E-state index contributed by atoms with van der Waals surface area (Å²) in [6, 6.07) is 8.30. The number of methoxy groups -OCH3 is 1. The Labute approximate surface area is 135 Å². The zero-order chi connectivity index (χ0) is 16.6. The molecule has 0 saturated carbocycles. The second kappa shape index (κ2) is 6.18. The molecule has 5 heteroatoms. The average Bonchev–Trinajstić information content (AvgIpc) is 2.98. The summed E-state index contributed by atoms with van der Waals surface area (Å²) < 4.78 is 21.6. The molecule has 1 aromatic carbocycles. The van der Waals surface area contributed by atoms with Crippen LogP contribution in [-0.2, 0) is 22.4 Å². The zero-order valence-corrected chi connectivity index (χ0v) is 13.1. The van der Waals surface area contributed by atoms with Gasteiger partial charge in [0.05, 0.1) is 7.11 Å². The minimum atomic E-state index is -1.50. The van der Waals surface area contributed by atoms with Crippen molar-refractivity contribution in [2.24, 2.45) is 0 Å². The van der Waals surface area contributed by atoms with E-state index in [1.165, 1.54) is 18.4 Å². The number of ether oxygens (including phenoxy) is 1. The number of hydrogen-bond acceptors (Lipinski definition) is 4. The summed E-state index contributed by atoms with van der Waals surface area (Å²) in [6.07, 6.45) is -1.50. The summed E-state index contributed by atoms with van der Waals surface area (Å²) in [5.41, 5.74) is 1.54. The average molecular weight is 324 g/mol. The van der Waals surface area contributed by atoms with Gasteiger partial charge in [0.2, 0.25) is 0 Å². The Morgan fingerprint density at radius 1 is 1.48 bits per heavy atom. The van der Waals surface area contributed by atoms with Crippen molar-refractivity contribution in [1.82, 2.24) is 4.90 Å². The van der Waals surface area contributed by atoms with E-state index in [-0.39, 0.29) is 6.54 Å². The van der Waals surface area contributed by atoms with E-state index in [1.807, 2.05) is 17.5 Å². The third kappa shape index (κ3) is 2.84. The van der Waals surface area contributed by atoms with Crippen LogP contribution in [0.15, 0.2) is 35.7 Å². The molecule has 0 unspecified atom stereocenters. The molecule has 0 spiro atoms. The Morgan fingerprint density at radius 3 is 3.05 bits per heavy atom. The predicted octanol–water partition coefficient (Wildman–Crippen LogP) is 3.67. The first-order valence-electron chi connectivity index (χ1n) is 7.57. The van der Waals surface area contributed by atoms with Gasteiger partial charge in [-0.1, -0.05) is 29.8 Å². The van der Waals surface area contributed by atoms with Gasteiger partial charge >= 0.3 is 5.97 Å². The standard InChI is InChI=1S/C16H16ClNO2S/c1-20-16(19)15(12-4-2-3-5-13(12)17)18-8-6-14-11(10-18)7-9-21-14/h2-5,7,9,15H,6,8,10H2,1H3/t15-/m0/s1/i6D2. The lowest BCUT2D eigenvalue weighted by Gasteiger charge is -2.33. The maximum Gasteiger partial charge on any atom is 0.327 e. The van der Waals surface area contributed by atoms with Gasteiger partial charge in [0, 0.05) is 25.7 Å². The summed E-state index contributed by atoms with van der Waals surface area (Å²) in [4.78, 5) is 14.9. The van der Waals surface area contributed by atoms with E-state index >= 15 is 0 Å². The molecule has 3 rings (SSSR count). The number of hydrogen-bond donors (Lipinski definition) is 0. The van der Waals surface area contributed by atoms with Crippen molar-refractivity contribution in [2.45, 2.75) is 19.0 Å². The van der Waals surface area contributed by atoms with Crippen LogP contribution in [0.1, 0.15) is 24.8 Å². The lowest BCUT2D eigenvalue weighted by molar-refractivity contribution is -0.147.